The van der Waals surface area contributed by atoms with E-state index < -0.39 is 287 Å². The van der Waals surface area contributed by atoms with Crippen molar-refractivity contribution in [1.29, 1.82) is 0 Å². The van der Waals surface area contributed by atoms with Crippen molar-refractivity contribution in [3.63, 3.8) is 0 Å². The summed E-state index contributed by atoms with van der Waals surface area (Å²) in [5.74, 6) is -30.0. The van der Waals surface area contributed by atoms with Crippen LogP contribution in [0.25, 0.3) is 44.5 Å². The van der Waals surface area contributed by atoms with Gasteiger partial charge in [-0.15, -0.1) is 0 Å². The number of hydrogen-bond acceptors (Lipinski definition) is 3. The van der Waals surface area contributed by atoms with Crippen molar-refractivity contribution >= 4 is 60.4 Å². The zero-order valence-corrected chi connectivity index (χ0v) is 67.2. The van der Waals surface area contributed by atoms with Gasteiger partial charge < -0.3 is 14.7 Å². The van der Waals surface area contributed by atoms with Gasteiger partial charge in [0.05, 0.1) is 22.3 Å². The topological polar surface area (TPSA) is 49.7 Å². The Bertz CT molecular complexity index is 3980. The van der Waals surface area contributed by atoms with Crippen molar-refractivity contribution in [2.75, 3.05) is 0 Å². The molecule has 3 nitrogen and oxygen atoms in total. The molecule has 0 atom stereocenters. The van der Waals surface area contributed by atoms with Crippen LogP contribution in [0.5, 0.6) is 0 Å². The Morgan fingerprint density at radius 3 is 0.631 bits per heavy atom. The van der Waals surface area contributed by atoms with Crippen molar-refractivity contribution < 1.29 is 84.9 Å². The first-order chi connectivity index (χ1) is 47.6. The van der Waals surface area contributed by atoms with E-state index in [9.17, 15) is 10.0 Å². The maximum absolute atomic E-state index is 18.2. The predicted octanol–water partition coefficient (Wildman–Crippen LogP) is 23.4. The Hall–Kier alpha value is -5.77. The molecular formula is C79H97BF16O3Si4. The van der Waals surface area contributed by atoms with E-state index in [0.29, 0.717) is 12.1 Å². The van der Waals surface area contributed by atoms with E-state index in [1.165, 1.54) is 0 Å². The zero-order valence-electron chi connectivity index (χ0n) is 63.2. The maximum Gasteiger partial charge on any atom is 0.635 e. The molecule has 0 bridgehead atoms. The van der Waals surface area contributed by atoms with Gasteiger partial charge in [0.2, 0.25) is 0 Å². The second-order valence-electron chi connectivity index (χ2n) is 31.7. The van der Waals surface area contributed by atoms with E-state index >= 15 is 70.2 Å². The molecule has 0 spiro atoms. The number of halogens is 16. The Kier molecular flexibility index (Phi) is 25.3. The lowest BCUT2D eigenvalue weighted by Gasteiger charge is -2.44. The van der Waals surface area contributed by atoms with Crippen LogP contribution in [0.2, 0.25) is 66.5 Å². The molecular weight excluding hydrogens is 1420 g/mol. The van der Waals surface area contributed by atoms with E-state index in [-0.39, 0.29) is 0 Å². The van der Waals surface area contributed by atoms with Gasteiger partial charge in [-0.2, -0.15) is 0 Å². The highest BCUT2D eigenvalue weighted by Gasteiger charge is 2.55. The van der Waals surface area contributed by atoms with Crippen LogP contribution >= 0.6 is 0 Å². The van der Waals surface area contributed by atoms with Crippen LogP contribution in [0.3, 0.4) is 0 Å². The van der Waals surface area contributed by atoms with Gasteiger partial charge in [0.25, 0.3) is 0 Å². The normalized spacial score (nSPS) is 13.3. The molecule has 0 fully saturated rings. The number of rotatable bonds is 25. The lowest BCUT2D eigenvalue weighted by Crippen LogP contribution is -2.59. The van der Waals surface area contributed by atoms with Gasteiger partial charge in [0, 0.05) is 20.7 Å². The van der Waals surface area contributed by atoms with Gasteiger partial charge in [-0.25, -0.2) is 70.2 Å². The van der Waals surface area contributed by atoms with Crippen LogP contribution in [0.4, 0.5) is 70.2 Å². The molecule has 0 heterocycles. The fourth-order valence-corrected chi connectivity index (χ4v) is 47.1. The first-order valence-corrected chi connectivity index (χ1v) is 44.4. The first kappa shape index (κ1) is 84.5. The summed E-state index contributed by atoms with van der Waals surface area (Å²) in [4.78, 5) is 0. The second kappa shape index (κ2) is 30.8. The van der Waals surface area contributed by atoms with Crippen molar-refractivity contribution in [2.24, 2.45) is 0 Å². The predicted molar refractivity (Wildman–Crippen MR) is 394 cm³/mol. The highest BCUT2D eigenvalue weighted by atomic mass is 28.3. The van der Waals surface area contributed by atoms with E-state index in [4.69, 9.17) is 4.65 Å². The van der Waals surface area contributed by atoms with E-state index in [1.807, 2.05) is 0 Å². The summed E-state index contributed by atoms with van der Waals surface area (Å²) >= 11 is 0. The smallest absolute Gasteiger partial charge is 0.402 e. The number of hydrogen-bond donors (Lipinski definition) is 2. The van der Waals surface area contributed by atoms with Crippen molar-refractivity contribution in [1.82, 2.24) is 0 Å². The van der Waals surface area contributed by atoms with Gasteiger partial charge in [-0.3, -0.25) is 0 Å². The van der Waals surface area contributed by atoms with Gasteiger partial charge in [0.15, 0.2) is 93.1 Å². The van der Waals surface area contributed by atoms with E-state index in [1.54, 1.807) is 166 Å². The fourth-order valence-electron chi connectivity index (χ4n) is 20.3. The molecule has 7 aromatic carbocycles. The van der Waals surface area contributed by atoms with Crippen LogP contribution in [0.1, 0.15) is 183 Å². The molecule has 0 unspecified atom stereocenters. The largest absolute Gasteiger partial charge is 0.635 e. The molecule has 0 aliphatic heterocycles. The van der Waals surface area contributed by atoms with Gasteiger partial charge in [0.1, 0.15) is 37.9 Å². The summed E-state index contributed by atoms with van der Waals surface area (Å²) in [5, 5.41) is 19.3. The average molecular weight is 1520 g/mol. The summed E-state index contributed by atoms with van der Waals surface area (Å²) in [7, 11) is -17.7. The summed E-state index contributed by atoms with van der Waals surface area (Å²) < 4.78 is 286. The molecule has 0 saturated heterocycles. The minimum atomic E-state index is -3.82. The van der Waals surface area contributed by atoms with Crippen LogP contribution in [0, 0.1) is 93.1 Å². The monoisotopic (exact) mass is 1520 g/mol. The lowest BCUT2D eigenvalue weighted by atomic mass is 9.76. The molecule has 2 N–H and O–H groups in total. The summed E-state index contributed by atoms with van der Waals surface area (Å²) in [6.07, 6.45) is 0. The van der Waals surface area contributed by atoms with Gasteiger partial charge in [-0.05, 0) is 112 Å². The summed E-state index contributed by atoms with van der Waals surface area (Å²) in [5.41, 5.74) is -20.4. The van der Waals surface area contributed by atoms with Crippen LogP contribution in [-0.2, 0) is 10.3 Å². The summed E-state index contributed by atoms with van der Waals surface area (Å²) in [6.45, 7) is 40.3. The zero-order chi connectivity index (χ0) is 78.4. The molecule has 7 rings (SSSR count). The summed E-state index contributed by atoms with van der Waals surface area (Å²) in [6, 6.07) is 9.48. The quantitative estimate of drug-likeness (QED) is 0.0260. The molecule has 0 amide bonds. The molecule has 562 valence electrons. The van der Waals surface area contributed by atoms with Crippen molar-refractivity contribution in [2.45, 2.75) is 238 Å². The fraction of sp³-hybridized carbons (Fsp3) is 0.468. The first-order valence-electron chi connectivity index (χ1n) is 35.4. The highest BCUT2D eigenvalue weighted by Crippen LogP contribution is 2.53. The number of benzene rings is 7. The van der Waals surface area contributed by atoms with Crippen molar-refractivity contribution in [3.8, 4) is 44.5 Å². The van der Waals surface area contributed by atoms with Gasteiger partial charge in [-0.1, -0.05) is 227 Å². The Labute approximate surface area is 601 Å². The van der Waals surface area contributed by atoms with Crippen molar-refractivity contribution in [3.05, 3.63) is 176 Å². The Balaban J connectivity index is 1.73. The Morgan fingerprint density at radius 2 is 0.437 bits per heavy atom. The van der Waals surface area contributed by atoms with E-state index in [2.05, 4.69) is 0 Å². The third kappa shape index (κ3) is 12.8. The SMILES string of the molecule is CC(C)[Si](c1c(F)c(F)c(-c2ccc(C(OB(O)O)(c3ccc(-c4c(F)c(F)c([Si](C(C)C)(C(C)C)C(C)C)c(F)c4F)cc3)c3ccc(-c4c(F)c(F)c([Si](C(C)C)(C(C)C)C(C)C)c(F)c4F)c(-c4c(F)c(F)c([Si](C(C)C)(C(C)C)C(C)C)c(F)c4F)c3)cc2)c(F)c1F)(C(C)C)C(C)C. The van der Waals surface area contributed by atoms with Gasteiger partial charge >= 0.3 is 7.32 Å². The molecule has 0 saturated carbocycles. The van der Waals surface area contributed by atoms with Crippen LogP contribution < -0.4 is 20.7 Å². The standard InChI is InChI=1S/C79H97BF16O3Si4/c1-36(2)100(37(3)4,38(5)6)75-67(89)59(81)55(60(82)68(75)90)48-25-29-50(30-26-48)79(99-80(97)98,51-31-27-49(28-32-51)56-61(83)69(91)76(70(92)62(56)84)101(39(7)8,40(9)10)41(11)12)52-33-34-53(57-63(85)71(93)77(72(94)64(57)86)102(42(13)14,43(15)16)44(17)18)54(35-52)58-65(87)73(95)78(74(96)66(58)88)103(45(19)20,46(21)22)47(23)24/h25-47,97-98H,1-24H3. The molecule has 0 aliphatic carbocycles. The van der Waals surface area contributed by atoms with E-state index in [0.717, 1.165) is 54.6 Å². The minimum absolute atomic E-state index is 0.455. The molecule has 0 aliphatic rings. The van der Waals surface area contributed by atoms with Crippen LogP contribution in [0.15, 0.2) is 66.7 Å². The molecule has 103 heavy (non-hydrogen) atoms. The minimum Gasteiger partial charge on any atom is -0.402 e. The third-order valence-electron chi connectivity index (χ3n) is 23.7. The Morgan fingerprint density at radius 1 is 0.252 bits per heavy atom. The third-order valence-corrected chi connectivity index (χ3v) is 51.8. The highest BCUT2D eigenvalue weighted by molar-refractivity contribution is 6.97. The van der Waals surface area contributed by atoms with Crippen LogP contribution in [-0.4, -0.2) is 49.7 Å². The average Bonchev–Trinajstić information content (AvgIpc) is 0.733. The molecule has 7 aromatic rings. The molecule has 24 heteroatoms. The molecule has 0 radical (unpaired) electrons. The maximum atomic E-state index is 18.2. The molecule has 0 aromatic heterocycles. The second-order valence-corrected chi connectivity index (χ2v) is 55.0. The lowest BCUT2D eigenvalue weighted by molar-refractivity contribution is 0.0815.